The highest BCUT2D eigenvalue weighted by Crippen LogP contribution is 2.24. The summed E-state index contributed by atoms with van der Waals surface area (Å²) in [6.45, 7) is 0. The van der Waals surface area contributed by atoms with Crippen LogP contribution >= 0.6 is 15.9 Å². The molecule has 2 aromatic carbocycles. The van der Waals surface area contributed by atoms with Crippen LogP contribution in [0, 0.1) is 0 Å². The Balaban J connectivity index is 2.31. The number of anilines is 1. The Bertz CT molecular complexity index is 812. The summed E-state index contributed by atoms with van der Waals surface area (Å²) in [6.07, 6.45) is 0. The molecule has 5 heteroatoms. The van der Waals surface area contributed by atoms with Crippen LogP contribution in [-0.2, 0) is 0 Å². The van der Waals surface area contributed by atoms with Crippen LogP contribution in [-0.4, -0.2) is 9.97 Å². The van der Waals surface area contributed by atoms with Crippen LogP contribution in [0.4, 0.5) is 5.69 Å². The first-order valence-electron chi connectivity index (χ1n) is 5.69. The van der Waals surface area contributed by atoms with Gasteiger partial charge in [0, 0.05) is 15.7 Å². The summed E-state index contributed by atoms with van der Waals surface area (Å²) >= 11 is 3.34. The summed E-state index contributed by atoms with van der Waals surface area (Å²) in [5, 5.41) is 0.486. The molecule has 0 unspecified atom stereocenters. The van der Waals surface area contributed by atoms with Gasteiger partial charge in [-0.25, -0.2) is 4.98 Å². The fraction of sp³-hybridized carbons (Fsp3) is 0. The Morgan fingerprint density at radius 1 is 1.16 bits per heavy atom. The highest BCUT2D eigenvalue weighted by Gasteiger charge is 2.08. The molecule has 1 aromatic heterocycles. The summed E-state index contributed by atoms with van der Waals surface area (Å²) in [6, 6.07) is 12.9. The molecule has 3 N–H and O–H groups in total. The number of H-pyrrole nitrogens is 1. The fourth-order valence-corrected chi connectivity index (χ4v) is 2.24. The van der Waals surface area contributed by atoms with Gasteiger partial charge in [0.2, 0.25) is 0 Å². The van der Waals surface area contributed by atoms with Crippen molar-refractivity contribution in [3.63, 3.8) is 0 Å². The molecule has 0 amide bonds. The molecular formula is C14H10BrN3O. The van der Waals surface area contributed by atoms with Gasteiger partial charge in [-0.15, -0.1) is 0 Å². The first-order valence-corrected chi connectivity index (χ1v) is 6.49. The highest BCUT2D eigenvalue weighted by molar-refractivity contribution is 9.10. The van der Waals surface area contributed by atoms with Crippen LogP contribution in [0.1, 0.15) is 0 Å². The molecule has 4 nitrogen and oxygen atoms in total. The number of aromatic amines is 1. The average molecular weight is 316 g/mol. The van der Waals surface area contributed by atoms with E-state index in [4.69, 9.17) is 5.73 Å². The molecule has 0 saturated heterocycles. The fourth-order valence-electron chi connectivity index (χ4n) is 1.91. The Hall–Kier alpha value is -2.14. The van der Waals surface area contributed by atoms with Crippen molar-refractivity contribution in [2.45, 2.75) is 0 Å². The summed E-state index contributed by atoms with van der Waals surface area (Å²) in [4.78, 5) is 19.3. The minimum atomic E-state index is -0.192. The van der Waals surface area contributed by atoms with Gasteiger partial charge in [0.1, 0.15) is 5.82 Å². The van der Waals surface area contributed by atoms with E-state index in [1.54, 1.807) is 12.1 Å². The molecule has 0 aliphatic rings. The Labute approximate surface area is 117 Å². The number of nitrogens with two attached hydrogens (primary N) is 1. The predicted octanol–water partition coefficient (Wildman–Crippen LogP) is 2.93. The van der Waals surface area contributed by atoms with Crippen LogP contribution in [0.5, 0.6) is 0 Å². The second kappa shape index (κ2) is 4.51. The SMILES string of the molecule is Nc1cc2c(=O)[nH]c(-c3ccccc3)nc2cc1Br. The molecular weight excluding hydrogens is 306 g/mol. The minimum Gasteiger partial charge on any atom is -0.398 e. The van der Waals surface area contributed by atoms with E-state index in [0.717, 1.165) is 10.0 Å². The summed E-state index contributed by atoms with van der Waals surface area (Å²) in [7, 11) is 0. The maximum atomic E-state index is 12.1. The number of nitrogens with one attached hydrogen (secondary N) is 1. The second-order valence-electron chi connectivity index (χ2n) is 4.17. The smallest absolute Gasteiger partial charge is 0.259 e. The standard InChI is InChI=1S/C14H10BrN3O/c15-10-7-12-9(6-11(10)16)14(19)18-13(17-12)8-4-2-1-3-5-8/h1-7H,16H2,(H,17,18,19). The van der Waals surface area contributed by atoms with Gasteiger partial charge in [-0.3, -0.25) is 4.79 Å². The van der Waals surface area contributed by atoms with Crippen LogP contribution < -0.4 is 11.3 Å². The Morgan fingerprint density at radius 2 is 1.89 bits per heavy atom. The van der Waals surface area contributed by atoms with E-state index in [0.29, 0.717) is 22.4 Å². The molecule has 0 aliphatic heterocycles. The molecule has 1 heterocycles. The van der Waals surface area contributed by atoms with E-state index in [1.807, 2.05) is 30.3 Å². The van der Waals surface area contributed by atoms with Crippen molar-refractivity contribution < 1.29 is 0 Å². The van der Waals surface area contributed by atoms with Crippen molar-refractivity contribution in [2.24, 2.45) is 0 Å². The summed E-state index contributed by atoms with van der Waals surface area (Å²) in [5.41, 5.74) is 7.59. The van der Waals surface area contributed by atoms with Gasteiger partial charge in [-0.2, -0.15) is 0 Å². The third-order valence-electron chi connectivity index (χ3n) is 2.87. The van der Waals surface area contributed by atoms with Crippen molar-refractivity contribution in [1.82, 2.24) is 9.97 Å². The van der Waals surface area contributed by atoms with Crippen LogP contribution in [0.25, 0.3) is 22.3 Å². The number of halogens is 1. The zero-order chi connectivity index (χ0) is 13.4. The first-order chi connectivity index (χ1) is 9.15. The molecule has 0 aliphatic carbocycles. The molecule has 94 valence electrons. The van der Waals surface area contributed by atoms with Gasteiger partial charge >= 0.3 is 0 Å². The summed E-state index contributed by atoms with van der Waals surface area (Å²) in [5.74, 6) is 0.551. The molecule has 0 radical (unpaired) electrons. The number of hydrogen-bond donors (Lipinski definition) is 2. The number of benzene rings is 2. The van der Waals surface area contributed by atoms with Gasteiger partial charge in [0.15, 0.2) is 0 Å². The van der Waals surface area contributed by atoms with Crippen molar-refractivity contribution in [2.75, 3.05) is 5.73 Å². The second-order valence-corrected chi connectivity index (χ2v) is 5.03. The molecule has 0 fully saturated rings. The lowest BCUT2D eigenvalue weighted by Gasteiger charge is -2.05. The number of aromatic nitrogens is 2. The van der Waals surface area contributed by atoms with Crippen molar-refractivity contribution in [1.29, 1.82) is 0 Å². The molecule has 0 spiro atoms. The number of nitrogen functional groups attached to an aromatic ring is 1. The third kappa shape index (κ3) is 2.13. The van der Waals surface area contributed by atoms with Gasteiger partial charge < -0.3 is 10.7 Å². The summed E-state index contributed by atoms with van der Waals surface area (Å²) < 4.78 is 0.733. The lowest BCUT2D eigenvalue weighted by atomic mass is 10.2. The van der Waals surface area contributed by atoms with E-state index in [-0.39, 0.29) is 5.56 Å². The quantitative estimate of drug-likeness (QED) is 0.678. The first kappa shape index (κ1) is 11.9. The molecule has 0 atom stereocenters. The molecule has 0 saturated carbocycles. The highest BCUT2D eigenvalue weighted by atomic mass is 79.9. The van der Waals surface area contributed by atoms with E-state index in [9.17, 15) is 4.79 Å². The zero-order valence-electron chi connectivity index (χ0n) is 9.85. The van der Waals surface area contributed by atoms with Gasteiger partial charge in [0.05, 0.1) is 10.9 Å². The number of hydrogen-bond acceptors (Lipinski definition) is 3. The Kier molecular flexibility index (Phi) is 2.83. The van der Waals surface area contributed by atoms with Crippen LogP contribution in [0.15, 0.2) is 51.7 Å². The molecule has 3 aromatic rings. The number of nitrogens with zero attached hydrogens (tertiary/aromatic N) is 1. The van der Waals surface area contributed by atoms with Gasteiger partial charge in [-0.05, 0) is 28.1 Å². The van der Waals surface area contributed by atoms with Crippen molar-refractivity contribution >= 4 is 32.5 Å². The third-order valence-corrected chi connectivity index (χ3v) is 3.56. The normalized spacial score (nSPS) is 10.8. The Morgan fingerprint density at radius 3 is 2.63 bits per heavy atom. The average Bonchev–Trinajstić information content (AvgIpc) is 2.42. The van der Waals surface area contributed by atoms with E-state index in [2.05, 4.69) is 25.9 Å². The van der Waals surface area contributed by atoms with Gasteiger partial charge in [-0.1, -0.05) is 30.3 Å². The van der Waals surface area contributed by atoms with E-state index >= 15 is 0 Å². The van der Waals surface area contributed by atoms with Gasteiger partial charge in [0.25, 0.3) is 5.56 Å². The molecule has 0 bridgehead atoms. The van der Waals surface area contributed by atoms with Crippen molar-refractivity contribution in [3.8, 4) is 11.4 Å². The topological polar surface area (TPSA) is 71.8 Å². The number of fused-ring (bicyclic) bond motifs is 1. The lowest BCUT2D eigenvalue weighted by Crippen LogP contribution is -2.10. The maximum absolute atomic E-state index is 12.1. The van der Waals surface area contributed by atoms with E-state index < -0.39 is 0 Å². The van der Waals surface area contributed by atoms with Crippen LogP contribution in [0.3, 0.4) is 0 Å². The zero-order valence-corrected chi connectivity index (χ0v) is 11.4. The monoisotopic (exact) mass is 315 g/mol. The number of rotatable bonds is 1. The maximum Gasteiger partial charge on any atom is 0.259 e. The lowest BCUT2D eigenvalue weighted by molar-refractivity contribution is 1.18. The van der Waals surface area contributed by atoms with Crippen LogP contribution in [0.2, 0.25) is 0 Å². The van der Waals surface area contributed by atoms with E-state index in [1.165, 1.54) is 0 Å². The predicted molar refractivity (Wildman–Crippen MR) is 79.9 cm³/mol. The molecule has 3 rings (SSSR count). The molecule has 19 heavy (non-hydrogen) atoms. The minimum absolute atomic E-state index is 0.192. The largest absolute Gasteiger partial charge is 0.398 e. The van der Waals surface area contributed by atoms with Crippen molar-refractivity contribution in [3.05, 3.63) is 57.3 Å².